The zero-order valence-electron chi connectivity index (χ0n) is 17.0. The second kappa shape index (κ2) is 7.06. The average Bonchev–Trinajstić information content (AvgIpc) is 2.89. The SMILES string of the molecule is CC1(C)CC2CC(C)(CN2c2ncnc(NNC(=O)c3ccccc3Cl)c2N)C1. The van der Waals surface area contributed by atoms with Crippen LogP contribution in [0.25, 0.3) is 0 Å². The number of fused-ring (bicyclic) bond motifs is 2. The first-order valence-corrected chi connectivity index (χ1v) is 10.2. The summed E-state index contributed by atoms with van der Waals surface area (Å²) >= 11 is 6.09. The van der Waals surface area contributed by atoms with Crippen LogP contribution in [0.5, 0.6) is 0 Å². The molecule has 1 aromatic heterocycles. The molecule has 1 aliphatic carbocycles. The lowest BCUT2D eigenvalue weighted by atomic mass is 9.65. The van der Waals surface area contributed by atoms with Gasteiger partial charge in [0.1, 0.15) is 12.0 Å². The van der Waals surface area contributed by atoms with Crippen molar-refractivity contribution in [2.45, 2.75) is 46.1 Å². The fourth-order valence-corrected chi connectivity index (χ4v) is 5.47. The van der Waals surface area contributed by atoms with Gasteiger partial charge < -0.3 is 10.6 Å². The fourth-order valence-electron chi connectivity index (χ4n) is 5.25. The number of carbonyl (C=O) groups is 1. The average molecular weight is 415 g/mol. The van der Waals surface area contributed by atoms with E-state index in [9.17, 15) is 4.79 Å². The number of aromatic nitrogens is 2. The lowest BCUT2D eigenvalue weighted by Gasteiger charge is -2.39. The Morgan fingerprint density at radius 2 is 2.00 bits per heavy atom. The molecular formula is C21H27ClN6O. The van der Waals surface area contributed by atoms with Crippen LogP contribution in [0.2, 0.25) is 5.02 Å². The van der Waals surface area contributed by atoms with Gasteiger partial charge in [0.15, 0.2) is 11.6 Å². The summed E-state index contributed by atoms with van der Waals surface area (Å²) in [5.41, 5.74) is 13.2. The Bertz CT molecular complexity index is 949. The summed E-state index contributed by atoms with van der Waals surface area (Å²) in [6.45, 7) is 7.94. The molecule has 154 valence electrons. The van der Waals surface area contributed by atoms with E-state index in [0.29, 0.717) is 33.5 Å². The third kappa shape index (κ3) is 3.83. The molecule has 1 aromatic carbocycles. The first kappa shape index (κ1) is 19.8. The quantitative estimate of drug-likeness (QED) is 0.657. The number of anilines is 3. The summed E-state index contributed by atoms with van der Waals surface area (Å²) < 4.78 is 0. The summed E-state index contributed by atoms with van der Waals surface area (Å²) in [6.07, 6.45) is 4.92. The van der Waals surface area contributed by atoms with Crippen molar-refractivity contribution in [3.8, 4) is 0 Å². The molecule has 2 bridgehead atoms. The van der Waals surface area contributed by atoms with E-state index in [-0.39, 0.29) is 11.3 Å². The first-order valence-electron chi connectivity index (χ1n) is 9.86. The highest BCUT2D eigenvalue weighted by Gasteiger charge is 2.50. The number of halogens is 1. The van der Waals surface area contributed by atoms with Crippen molar-refractivity contribution in [3.63, 3.8) is 0 Å². The van der Waals surface area contributed by atoms with Crippen molar-refractivity contribution in [2.24, 2.45) is 10.8 Å². The molecule has 1 amide bonds. The van der Waals surface area contributed by atoms with Crippen LogP contribution in [0, 0.1) is 10.8 Å². The van der Waals surface area contributed by atoms with E-state index in [0.717, 1.165) is 25.2 Å². The highest BCUT2D eigenvalue weighted by molar-refractivity contribution is 6.33. The number of benzene rings is 1. The van der Waals surface area contributed by atoms with Crippen LogP contribution in [0.4, 0.5) is 17.3 Å². The fraction of sp³-hybridized carbons (Fsp3) is 0.476. The zero-order valence-corrected chi connectivity index (χ0v) is 17.8. The van der Waals surface area contributed by atoms with Crippen LogP contribution >= 0.6 is 11.6 Å². The standard InChI is InChI=1S/C21H27ClN6O/c1-20(2)8-13-9-21(3,10-20)11-28(13)18-16(23)17(24-12-25-18)26-27-19(29)14-6-4-5-7-15(14)22/h4-7,12-13H,8-11,23H2,1-3H3,(H,27,29)(H,24,25,26). The molecule has 4 N–H and O–H groups in total. The second-order valence-electron chi connectivity index (χ2n) is 9.36. The van der Waals surface area contributed by atoms with Gasteiger partial charge in [-0.3, -0.25) is 15.6 Å². The van der Waals surface area contributed by atoms with Crippen LogP contribution in [0.15, 0.2) is 30.6 Å². The van der Waals surface area contributed by atoms with Crippen molar-refractivity contribution in [1.82, 2.24) is 15.4 Å². The Morgan fingerprint density at radius 3 is 2.76 bits per heavy atom. The number of nitrogens with two attached hydrogens (primary N) is 1. The summed E-state index contributed by atoms with van der Waals surface area (Å²) in [7, 11) is 0. The van der Waals surface area contributed by atoms with E-state index in [1.165, 1.54) is 12.7 Å². The van der Waals surface area contributed by atoms with E-state index in [1.54, 1.807) is 24.3 Å². The summed E-state index contributed by atoms with van der Waals surface area (Å²) in [5, 5.41) is 0.378. The number of hydrazine groups is 1. The molecule has 29 heavy (non-hydrogen) atoms. The minimum absolute atomic E-state index is 0.260. The predicted octanol–water partition coefficient (Wildman–Crippen LogP) is 3.87. The third-order valence-corrected chi connectivity index (χ3v) is 6.29. The van der Waals surface area contributed by atoms with Gasteiger partial charge in [0.05, 0.1) is 10.6 Å². The maximum atomic E-state index is 12.4. The smallest absolute Gasteiger partial charge is 0.271 e. The van der Waals surface area contributed by atoms with Gasteiger partial charge in [-0.15, -0.1) is 0 Å². The van der Waals surface area contributed by atoms with Gasteiger partial charge in [-0.05, 0) is 42.2 Å². The molecule has 1 saturated heterocycles. The number of nitrogen functional groups attached to an aromatic ring is 1. The first-order chi connectivity index (χ1) is 13.7. The van der Waals surface area contributed by atoms with Gasteiger partial charge in [0, 0.05) is 12.6 Å². The maximum absolute atomic E-state index is 12.4. The Labute approximate surface area is 176 Å². The minimum atomic E-state index is -0.360. The van der Waals surface area contributed by atoms with Crippen LogP contribution in [-0.4, -0.2) is 28.5 Å². The molecule has 2 aliphatic rings. The second-order valence-corrected chi connectivity index (χ2v) is 9.77. The molecule has 0 radical (unpaired) electrons. The third-order valence-electron chi connectivity index (χ3n) is 5.96. The van der Waals surface area contributed by atoms with Crippen LogP contribution in [0.3, 0.4) is 0 Å². The van der Waals surface area contributed by atoms with E-state index in [2.05, 4.69) is 46.5 Å². The van der Waals surface area contributed by atoms with Crippen LogP contribution < -0.4 is 21.5 Å². The Hall–Kier alpha value is -2.54. The van der Waals surface area contributed by atoms with Gasteiger partial charge in [-0.25, -0.2) is 9.97 Å². The number of carbonyl (C=O) groups excluding carboxylic acids is 1. The summed E-state index contributed by atoms with van der Waals surface area (Å²) in [6, 6.07) is 7.26. The largest absolute Gasteiger partial charge is 0.393 e. The van der Waals surface area contributed by atoms with Gasteiger partial charge in [0.2, 0.25) is 0 Å². The number of amides is 1. The molecule has 2 unspecified atom stereocenters. The van der Waals surface area contributed by atoms with Crippen molar-refractivity contribution in [3.05, 3.63) is 41.2 Å². The van der Waals surface area contributed by atoms with Gasteiger partial charge >= 0.3 is 0 Å². The molecule has 1 aliphatic heterocycles. The Kier molecular flexibility index (Phi) is 4.81. The molecule has 0 spiro atoms. The predicted molar refractivity (Wildman–Crippen MR) is 116 cm³/mol. The van der Waals surface area contributed by atoms with E-state index in [4.69, 9.17) is 17.3 Å². The normalized spacial score (nSPS) is 25.0. The summed E-state index contributed by atoms with van der Waals surface area (Å²) in [4.78, 5) is 23.4. The summed E-state index contributed by atoms with van der Waals surface area (Å²) in [5.74, 6) is 0.739. The molecule has 4 rings (SSSR count). The number of rotatable bonds is 4. The lowest BCUT2D eigenvalue weighted by molar-refractivity contribution is 0.0962. The Balaban J connectivity index is 1.53. The monoisotopic (exact) mass is 414 g/mol. The highest BCUT2D eigenvalue weighted by atomic mass is 35.5. The maximum Gasteiger partial charge on any atom is 0.271 e. The van der Waals surface area contributed by atoms with E-state index in [1.807, 2.05) is 0 Å². The van der Waals surface area contributed by atoms with Gasteiger partial charge in [-0.2, -0.15) is 0 Å². The topological polar surface area (TPSA) is 96.2 Å². The number of hydrogen-bond donors (Lipinski definition) is 3. The van der Waals surface area contributed by atoms with Crippen molar-refractivity contribution in [1.29, 1.82) is 0 Å². The molecule has 7 nitrogen and oxygen atoms in total. The van der Waals surface area contributed by atoms with Crippen molar-refractivity contribution >= 4 is 34.8 Å². The molecular weight excluding hydrogens is 388 g/mol. The number of nitrogens with one attached hydrogen (secondary N) is 2. The van der Waals surface area contributed by atoms with E-state index < -0.39 is 0 Å². The number of nitrogens with zero attached hydrogens (tertiary/aromatic N) is 3. The van der Waals surface area contributed by atoms with Gasteiger partial charge in [0.25, 0.3) is 5.91 Å². The van der Waals surface area contributed by atoms with Crippen LogP contribution in [0.1, 0.15) is 50.4 Å². The lowest BCUT2D eigenvalue weighted by Crippen LogP contribution is -2.35. The minimum Gasteiger partial charge on any atom is -0.393 e. The van der Waals surface area contributed by atoms with Crippen LogP contribution in [-0.2, 0) is 0 Å². The molecule has 2 fully saturated rings. The molecule has 8 heteroatoms. The zero-order chi connectivity index (χ0) is 20.8. The van der Waals surface area contributed by atoms with Gasteiger partial charge in [-0.1, -0.05) is 44.5 Å². The highest BCUT2D eigenvalue weighted by Crippen LogP contribution is 2.53. The molecule has 2 atom stereocenters. The van der Waals surface area contributed by atoms with Crippen molar-refractivity contribution in [2.75, 3.05) is 22.6 Å². The Morgan fingerprint density at radius 1 is 1.24 bits per heavy atom. The molecule has 1 saturated carbocycles. The molecule has 2 aromatic rings. The number of hydrogen-bond acceptors (Lipinski definition) is 6. The van der Waals surface area contributed by atoms with Crippen molar-refractivity contribution < 1.29 is 4.79 Å². The van der Waals surface area contributed by atoms with E-state index >= 15 is 0 Å². The molecule has 2 heterocycles.